The summed E-state index contributed by atoms with van der Waals surface area (Å²) in [6.45, 7) is 6.44. The van der Waals surface area contributed by atoms with Crippen molar-refractivity contribution in [2.45, 2.75) is 302 Å². The molecule has 0 fully saturated rings. The molecule has 3 atom stereocenters. The molecular weight excluding hydrogens is 743 g/mol. The van der Waals surface area contributed by atoms with Crippen LogP contribution in [0.2, 0.25) is 0 Å². The second kappa shape index (κ2) is 48.4. The van der Waals surface area contributed by atoms with E-state index >= 15 is 0 Å². The molecule has 6 heteroatoms. The molecular formula is C54H103NO5. The van der Waals surface area contributed by atoms with Gasteiger partial charge in [0.2, 0.25) is 5.91 Å². The summed E-state index contributed by atoms with van der Waals surface area (Å²) in [7, 11) is 0. The third-order valence-corrected chi connectivity index (χ3v) is 12.2. The molecule has 354 valence electrons. The molecule has 0 saturated heterocycles. The lowest BCUT2D eigenvalue weighted by Crippen LogP contribution is -2.46. The fourth-order valence-electron chi connectivity index (χ4n) is 8.19. The van der Waals surface area contributed by atoms with E-state index in [9.17, 15) is 19.8 Å². The van der Waals surface area contributed by atoms with Gasteiger partial charge in [-0.25, -0.2) is 0 Å². The van der Waals surface area contributed by atoms with Gasteiger partial charge in [-0.15, -0.1) is 0 Å². The van der Waals surface area contributed by atoms with Gasteiger partial charge in [-0.3, -0.25) is 9.59 Å². The minimum atomic E-state index is -0.786. The number of hydrogen-bond donors (Lipinski definition) is 3. The second-order valence-electron chi connectivity index (χ2n) is 18.3. The van der Waals surface area contributed by atoms with Gasteiger partial charge in [-0.1, -0.05) is 225 Å². The van der Waals surface area contributed by atoms with Gasteiger partial charge in [0, 0.05) is 6.42 Å². The van der Waals surface area contributed by atoms with Crippen molar-refractivity contribution in [2.75, 3.05) is 6.61 Å². The maximum Gasteiger partial charge on any atom is 0.306 e. The highest BCUT2D eigenvalue weighted by Crippen LogP contribution is 2.18. The topological polar surface area (TPSA) is 95.9 Å². The molecule has 0 saturated carbocycles. The predicted molar refractivity (Wildman–Crippen MR) is 260 cm³/mol. The van der Waals surface area contributed by atoms with Crippen LogP contribution in [0.1, 0.15) is 284 Å². The molecule has 0 aromatic rings. The molecule has 0 aromatic carbocycles. The normalized spacial score (nSPS) is 13.3. The average molecular weight is 846 g/mol. The minimum absolute atomic E-state index is 0.0751. The summed E-state index contributed by atoms with van der Waals surface area (Å²) in [5, 5.41) is 23.8. The Bertz CT molecular complexity index is 950. The summed E-state index contributed by atoms with van der Waals surface area (Å²) >= 11 is 0. The van der Waals surface area contributed by atoms with E-state index in [0.29, 0.717) is 19.3 Å². The van der Waals surface area contributed by atoms with E-state index in [1.54, 1.807) is 0 Å². The Morgan fingerprint density at radius 2 is 0.833 bits per heavy atom. The number of ether oxygens (including phenoxy) is 1. The SMILES string of the molecule is CCC/C=C\CCCCCCCC(=O)OC(CCCCCCCCC/C=C/CCCCCCCC)CC(=O)NC(CO)C(O)CCCCCCCCCCCCCCCC. The predicted octanol–water partition coefficient (Wildman–Crippen LogP) is 15.9. The van der Waals surface area contributed by atoms with Crippen molar-refractivity contribution >= 4 is 11.9 Å². The largest absolute Gasteiger partial charge is 0.462 e. The van der Waals surface area contributed by atoms with Crippen LogP contribution in [0.4, 0.5) is 0 Å². The van der Waals surface area contributed by atoms with Crippen LogP contribution in [0.15, 0.2) is 24.3 Å². The van der Waals surface area contributed by atoms with Crippen LogP contribution >= 0.6 is 0 Å². The number of hydrogen-bond acceptors (Lipinski definition) is 5. The summed E-state index contributed by atoms with van der Waals surface area (Å²) in [4.78, 5) is 26.1. The van der Waals surface area contributed by atoms with Gasteiger partial charge in [-0.2, -0.15) is 0 Å². The van der Waals surface area contributed by atoms with Crippen molar-refractivity contribution in [3.63, 3.8) is 0 Å². The van der Waals surface area contributed by atoms with E-state index < -0.39 is 18.2 Å². The lowest BCUT2D eigenvalue weighted by Gasteiger charge is -2.24. The number of allylic oxidation sites excluding steroid dienone is 4. The number of esters is 1. The summed E-state index contributed by atoms with van der Waals surface area (Å²) in [5.74, 6) is -0.478. The molecule has 3 N–H and O–H groups in total. The highest BCUT2D eigenvalue weighted by molar-refractivity contribution is 5.77. The van der Waals surface area contributed by atoms with Gasteiger partial charge in [0.15, 0.2) is 0 Å². The molecule has 0 radical (unpaired) electrons. The molecule has 0 aromatic heterocycles. The molecule has 1 amide bonds. The zero-order valence-electron chi connectivity index (χ0n) is 40.4. The van der Waals surface area contributed by atoms with E-state index in [2.05, 4.69) is 50.4 Å². The summed E-state index contributed by atoms with van der Waals surface area (Å²) in [5.41, 5.74) is 0. The van der Waals surface area contributed by atoms with Crippen molar-refractivity contribution < 1.29 is 24.5 Å². The Hall–Kier alpha value is -1.66. The molecule has 60 heavy (non-hydrogen) atoms. The van der Waals surface area contributed by atoms with Crippen LogP contribution in [-0.2, 0) is 14.3 Å². The van der Waals surface area contributed by atoms with Crippen molar-refractivity contribution in [1.82, 2.24) is 5.32 Å². The average Bonchev–Trinajstić information content (AvgIpc) is 3.24. The number of aliphatic hydroxyl groups excluding tert-OH is 2. The highest BCUT2D eigenvalue weighted by Gasteiger charge is 2.24. The Morgan fingerprint density at radius 1 is 0.467 bits per heavy atom. The van der Waals surface area contributed by atoms with Crippen LogP contribution < -0.4 is 5.32 Å². The van der Waals surface area contributed by atoms with E-state index in [1.807, 2.05) is 0 Å². The fraction of sp³-hybridized carbons (Fsp3) is 0.889. The fourth-order valence-corrected chi connectivity index (χ4v) is 8.19. The first kappa shape index (κ1) is 58.3. The van der Waals surface area contributed by atoms with Gasteiger partial charge in [0.05, 0.1) is 25.2 Å². The number of unbranched alkanes of at least 4 members (excludes halogenated alkanes) is 32. The molecule has 0 bridgehead atoms. The molecule has 0 rings (SSSR count). The van der Waals surface area contributed by atoms with Gasteiger partial charge < -0.3 is 20.3 Å². The van der Waals surface area contributed by atoms with E-state index in [-0.39, 0.29) is 24.9 Å². The zero-order valence-corrected chi connectivity index (χ0v) is 40.4. The first-order valence-corrected chi connectivity index (χ1v) is 26.6. The molecule has 6 nitrogen and oxygen atoms in total. The smallest absolute Gasteiger partial charge is 0.306 e. The zero-order chi connectivity index (χ0) is 43.8. The van der Waals surface area contributed by atoms with Gasteiger partial charge in [0.1, 0.15) is 6.10 Å². The Morgan fingerprint density at radius 3 is 1.25 bits per heavy atom. The van der Waals surface area contributed by atoms with Crippen molar-refractivity contribution in [1.29, 1.82) is 0 Å². The van der Waals surface area contributed by atoms with Crippen molar-refractivity contribution in [2.24, 2.45) is 0 Å². The lowest BCUT2D eigenvalue weighted by molar-refractivity contribution is -0.151. The summed E-state index contributed by atoms with van der Waals surface area (Å²) < 4.78 is 5.92. The third-order valence-electron chi connectivity index (χ3n) is 12.2. The van der Waals surface area contributed by atoms with Gasteiger partial charge in [-0.05, 0) is 70.6 Å². The number of carbonyl (C=O) groups is 2. The molecule has 0 spiro atoms. The van der Waals surface area contributed by atoms with E-state index in [0.717, 1.165) is 64.2 Å². The van der Waals surface area contributed by atoms with E-state index in [4.69, 9.17) is 4.74 Å². The van der Waals surface area contributed by atoms with Crippen LogP contribution in [0.25, 0.3) is 0 Å². The number of nitrogens with one attached hydrogen (secondary N) is 1. The monoisotopic (exact) mass is 846 g/mol. The van der Waals surface area contributed by atoms with Crippen LogP contribution in [-0.4, -0.2) is 46.9 Å². The Kier molecular flexibility index (Phi) is 47.0. The number of rotatable bonds is 48. The maximum absolute atomic E-state index is 13.2. The van der Waals surface area contributed by atoms with Crippen molar-refractivity contribution in [3.8, 4) is 0 Å². The Labute approximate surface area is 373 Å². The highest BCUT2D eigenvalue weighted by atomic mass is 16.5. The second-order valence-corrected chi connectivity index (χ2v) is 18.3. The van der Waals surface area contributed by atoms with Crippen molar-refractivity contribution in [3.05, 3.63) is 24.3 Å². The summed E-state index contributed by atoms with van der Waals surface area (Å²) in [6.07, 6.45) is 55.3. The first-order valence-electron chi connectivity index (χ1n) is 26.6. The third kappa shape index (κ3) is 43.0. The summed E-state index contributed by atoms with van der Waals surface area (Å²) in [6, 6.07) is -0.700. The minimum Gasteiger partial charge on any atom is -0.462 e. The molecule has 0 aliphatic carbocycles. The van der Waals surface area contributed by atoms with Crippen LogP contribution in [0, 0.1) is 0 Å². The van der Waals surface area contributed by atoms with Crippen LogP contribution in [0.5, 0.6) is 0 Å². The van der Waals surface area contributed by atoms with Gasteiger partial charge >= 0.3 is 5.97 Å². The van der Waals surface area contributed by atoms with Crippen LogP contribution in [0.3, 0.4) is 0 Å². The number of aliphatic hydroxyl groups is 2. The first-order chi connectivity index (χ1) is 29.5. The quantitative estimate of drug-likeness (QED) is 0.0322. The van der Waals surface area contributed by atoms with E-state index in [1.165, 1.54) is 173 Å². The lowest BCUT2D eigenvalue weighted by atomic mass is 10.0. The van der Waals surface area contributed by atoms with Gasteiger partial charge in [0.25, 0.3) is 0 Å². The molecule has 0 aliphatic rings. The maximum atomic E-state index is 13.2. The number of carbonyl (C=O) groups excluding carboxylic acids is 2. The number of amides is 1. The molecule has 0 heterocycles. The molecule has 3 unspecified atom stereocenters. The Balaban J connectivity index is 4.52. The molecule has 0 aliphatic heterocycles. The standard InChI is InChI=1S/C54H103NO5/c1-4-7-10-13-16-19-22-24-26-27-28-29-31-33-36-39-42-45-50(60-54(59)47-44-41-38-35-21-18-15-12-9-6-3)48-53(58)55-51(49-56)52(57)46-43-40-37-34-32-30-25-23-20-17-14-11-8-5-2/h12,15,24,26,50-52,56-57H,4-11,13-14,16-23,25,27-49H2,1-3H3,(H,55,58)/b15-12-,26-24+.